The van der Waals surface area contributed by atoms with Gasteiger partial charge in [-0.3, -0.25) is 19.9 Å². The van der Waals surface area contributed by atoms with Crippen LogP contribution in [0.5, 0.6) is 0 Å². The number of fused-ring (bicyclic) bond motifs is 1. The van der Waals surface area contributed by atoms with Gasteiger partial charge in [0.1, 0.15) is 5.02 Å². The van der Waals surface area contributed by atoms with Crippen molar-refractivity contribution in [2.45, 2.75) is 31.8 Å². The molecule has 0 amide bonds. The molecular formula is C15H20ClN3O2. The first-order chi connectivity index (χ1) is 10.1. The summed E-state index contributed by atoms with van der Waals surface area (Å²) in [4.78, 5) is 15.6. The number of nitro benzene ring substituents is 1. The van der Waals surface area contributed by atoms with Crippen LogP contribution in [0.1, 0.15) is 24.8 Å². The van der Waals surface area contributed by atoms with E-state index >= 15 is 0 Å². The SMILES string of the molecule is O=[N+]([O-])c1cc(CN2CCCN3CCCC3C2)ccc1Cl. The minimum absolute atomic E-state index is 0.00600. The lowest BCUT2D eigenvalue weighted by atomic mass is 10.1. The van der Waals surface area contributed by atoms with Crippen molar-refractivity contribution >= 4 is 17.3 Å². The molecule has 2 saturated heterocycles. The standard InChI is InChI=1S/C15H20ClN3O2/c16-14-5-4-12(9-15(14)19(20)21)10-17-6-2-8-18-7-1-3-13(18)11-17/h4-5,9,13H,1-3,6-8,10-11H2. The summed E-state index contributed by atoms with van der Waals surface area (Å²) in [7, 11) is 0. The summed E-state index contributed by atoms with van der Waals surface area (Å²) >= 11 is 5.87. The third kappa shape index (κ3) is 3.36. The molecule has 0 N–H and O–H groups in total. The van der Waals surface area contributed by atoms with Gasteiger partial charge in [0.05, 0.1) is 4.92 Å². The Morgan fingerprint density at radius 1 is 1.29 bits per heavy atom. The van der Waals surface area contributed by atoms with E-state index in [9.17, 15) is 10.1 Å². The van der Waals surface area contributed by atoms with Crippen LogP contribution in [0.15, 0.2) is 18.2 Å². The summed E-state index contributed by atoms with van der Waals surface area (Å²) < 4.78 is 0. The van der Waals surface area contributed by atoms with E-state index in [1.807, 2.05) is 6.07 Å². The van der Waals surface area contributed by atoms with Gasteiger partial charge in [0.25, 0.3) is 5.69 Å². The second-order valence-corrected chi connectivity index (χ2v) is 6.37. The minimum atomic E-state index is -0.410. The first-order valence-corrected chi connectivity index (χ1v) is 7.90. The highest BCUT2D eigenvalue weighted by Gasteiger charge is 2.28. The van der Waals surface area contributed by atoms with Crippen LogP contribution in [-0.4, -0.2) is 46.9 Å². The van der Waals surface area contributed by atoms with E-state index in [2.05, 4.69) is 9.80 Å². The second-order valence-electron chi connectivity index (χ2n) is 5.96. The average molecular weight is 310 g/mol. The van der Waals surface area contributed by atoms with Crippen LogP contribution in [0.3, 0.4) is 0 Å². The molecule has 6 heteroatoms. The molecule has 2 aliphatic rings. The van der Waals surface area contributed by atoms with Crippen molar-refractivity contribution in [3.05, 3.63) is 38.9 Å². The predicted octanol–water partition coefficient (Wildman–Crippen LogP) is 2.92. The topological polar surface area (TPSA) is 49.6 Å². The van der Waals surface area contributed by atoms with Gasteiger partial charge in [-0.1, -0.05) is 17.7 Å². The van der Waals surface area contributed by atoms with E-state index in [1.165, 1.54) is 32.4 Å². The zero-order valence-electron chi connectivity index (χ0n) is 12.0. The molecule has 2 aliphatic heterocycles. The van der Waals surface area contributed by atoms with Crippen molar-refractivity contribution in [2.75, 3.05) is 26.2 Å². The van der Waals surface area contributed by atoms with Crippen LogP contribution in [-0.2, 0) is 6.54 Å². The van der Waals surface area contributed by atoms with E-state index in [1.54, 1.807) is 12.1 Å². The summed E-state index contributed by atoms with van der Waals surface area (Å²) in [6.45, 7) is 5.30. The maximum absolute atomic E-state index is 11.0. The van der Waals surface area contributed by atoms with Crippen LogP contribution < -0.4 is 0 Å². The van der Waals surface area contributed by atoms with Crippen molar-refractivity contribution in [3.63, 3.8) is 0 Å². The fraction of sp³-hybridized carbons (Fsp3) is 0.600. The molecule has 0 spiro atoms. The van der Waals surface area contributed by atoms with Crippen LogP contribution >= 0.6 is 11.6 Å². The lowest BCUT2D eigenvalue weighted by molar-refractivity contribution is -0.384. The lowest BCUT2D eigenvalue weighted by Gasteiger charge is -2.25. The van der Waals surface area contributed by atoms with Gasteiger partial charge in [0.15, 0.2) is 0 Å². The summed E-state index contributed by atoms with van der Waals surface area (Å²) in [6, 6.07) is 5.80. The third-order valence-electron chi connectivity index (χ3n) is 4.50. The number of hydrogen-bond donors (Lipinski definition) is 0. The van der Waals surface area contributed by atoms with Gasteiger partial charge in [-0.2, -0.15) is 0 Å². The number of halogens is 1. The molecule has 21 heavy (non-hydrogen) atoms. The van der Waals surface area contributed by atoms with E-state index < -0.39 is 4.92 Å². The minimum Gasteiger partial charge on any atom is -0.299 e. The zero-order chi connectivity index (χ0) is 14.8. The molecule has 114 valence electrons. The van der Waals surface area contributed by atoms with Gasteiger partial charge in [0.2, 0.25) is 0 Å². The Balaban J connectivity index is 1.71. The Hall–Kier alpha value is -1.17. The molecule has 0 bridgehead atoms. The van der Waals surface area contributed by atoms with Crippen molar-refractivity contribution in [3.8, 4) is 0 Å². The predicted molar refractivity (Wildman–Crippen MR) is 82.6 cm³/mol. The van der Waals surface area contributed by atoms with Gasteiger partial charge in [-0.15, -0.1) is 0 Å². The highest BCUT2D eigenvalue weighted by Crippen LogP contribution is 2.27. The van der Waals surface area contributed by atoms with Crippen LogP contribution in [0, 0.1) is 10.1 Å². The Kier molecular flexibility index (Phi) is 4.42. The summed E-state index contributed by atoms with van der Waals surface area (Å²) in [6.07, 6.45) is 3.74. The van der Waals surface area contributed by atoms with E-state index in [0.29, 0.717) is 6.04 Å². The fourth-order valence-electron chi connectivity index (χ4n) is 3.48. The van der Waals surface area contributed by atoms with Gasteiger partial charge >= 0.3 is 0 Å². The summed E-state index contributed by atoms with van der Waals surface area (Å²) in [5, 5.41) is 11.2. The maximum atomic E-state index is 11.0. The molecule has 0 aromatic heterocycles. The number of hydrogen-bond acceptors (Lipinski definition) is 4. The molecule has 5 nitrogen and oxygen atoms in total. The highest BCUT2D eigenvalue weighted by atomic mass is 35.5. The van der Waals surface area contributed by atoms with Crippen molar-refractivity contribution in [2.24, 2.45) is 0 Å². The van der Waals surface area contributed by atoms with Gasteiger partial charge in [0, 0.05) is 25.2 Å². The molecule has 3 rings (SSSR count). The van der Waals surface area contributed by atoms with Gasteiger partial charge < -0.3 is 0 Å². The van der Waals surface area contributed by atoms with E-state index in [-0.39, 0.29) is 10.7 Å². The smallest absolute Gasteiger partial charge is 0.288 e. The lowest BCUT2D eigenvalue weighted by Crippen LogP contribution is -2.36. The molecular weight excluding hydrogens is 290 g/mol. The molecule has 2 heterocycles. The van der Waals surface area contributed by atoms with Crippen LogP contribution in [0.4, 0.5) is 5.69 Å². The van der Waals surface area contributed by atoms with Gasteiger partial charge in [-0.25, -0.2) is 0 Å². The van der Waals surface area contributed by atoms with Crippen molar-refractivity contribution in [1.82, 2.24) is 9.80 Å². The normalized spacial score (nSPS) is 23.8. The van der Waals surface area contributed by atoms with Crippen molar-refractivity contribution < 1.29 is 4.92 Å². The van der Waals surface area contributed by atoms with Crippen molar-refractivity contribution in [1.29, 1.82) is 0 Å². The number of rotatable bonds is 3. The summed E-state index contributed by atoms with van der Waals surface area (Å²) in [5.41, 5.74) is 0.976. The molecule has 1 aromatic carbocycles. The zero-order valence-corrected chi connectivity index (χ0v) is 12.8. The Labute approximate surface area is 129 Å². The average Bonchev–Trinajstić information content (AvgIpc) is 2.79. The largest absolute Gasteiger partial charge is 0.299 e. The molecule has 0 radical (unpaired) electrons. The Bertz CT molecular complexity index is 538. The third-order valence-corrected chi connectivity index (χ3v) is 4.82. The molecule has 1 atom stereocenters. The molecule has 1 unspecified atom stereocenters. The molecule has 0 aliphatic carbocycles. The van der Waals surface area contributed by atoms with E-state index in [0.717, 1.165) is 25.2 Å². The first-order valence-electron chi connectivity index (χ1n) is 7.53. The Morgan fingerprint density at radius 3 is 2.90 bits per heavy atom. The molecule has 1 aromatic rings. The number of nitro groups is 1. The van der Waals surface area contributed by atoms with Crippen LogP contribution in [0.2, 0.25) is 5.02 Å². The first kappa shape index (κ1) is 14.8. The fourth-order valence-corrected chi connectivity index (χ4v) is 3.67. The second kappa shape index (κ2) is 6.30. The monoisotopic (exact) mass is 309 g/mol. The number of benzene rings is 1. The number of nitrogens with zero attached hydrogens (tertiary/aromatic N) is 3. The van der Waals surface area contributed by atoms with Gasteiger partial charge in [-0.05, 0) is 50.5 Å². The van der Waals surface area contributed by atoms with Crippen LogP contribution in [0.25, 0.3) is 0 Å². The maximum Gasteiger partial charge on any atom is 0.288 e. The Morgan fingerprint density at radius 2 is 2.10 bits per heavy atom. The van der Waals surface area contributed by atoms with E-state index in [4.69, 9.17) is 11.6 Å². The molecule has 0 saturated carbocycles. The highest BCUT2D eigenvalue weighted by molar-refractivity contribution is 6.32. The quantitative estimate of drug-likeness (QED) is 0.636. The molecule has 2 fully saturated rings. The summed E-state index contributed by atoms with van der Waals surface area (Å²) in [5.74, 6) is 0.